The van der Waals surface area contributed by atoms with Crippen molar-refractivity contribution in [3.63, 3.8) is 0 Å². The first kappa shape index (κ1) is 20.6. The van der Waals surface area contributed by atoms with Gasteiger partial charge in [-0.2, -0.15) is 0 Å². The third-order valence-electron chi connectivity index (χ3n) is 3.93. The van der Waals surface area contributed by atoms with Gasteiger partial charge in [0.15, 0.2) is 0 Å². The third-order valence-corrected chi connectivity index (χ3v) is 6.11. The van der Waals surface area contributed by atoms with Crippen LogP contribution in [0.25, 0.3) is 5.76 Å². The summed E-state index contributed by atoms with van der Waals surface area (Å²) in [4.78, 5) is 23.0. The molecule has 2 heterocycles. The standard InChI is InChI=1S/C16H22N2O6S2/c1-4-5-18(26(3)23)7-10-6-11-12(8-24-10)25-15(13(11)9(2)19)17-14(20)16(21)22/h10,19H,2,4-8H2,1,3H3,(H,17,20)(H,21,22). The molecule has 1 aliphatic rings. The molecule has 8 nitrogen and oxygen atoms in total. The van der Waals surface area contributed by atoms with E-state index in [2.05, 4.69) is 11.9 Å². The maximum Gasteiger partial charge on any atom is 0.394 e. The summed E-state index contributed by atoms with van der Waals surface area (Å²) in [6.07, 6.45) is 2.70. The Morgan fingerprint density at radius 3 is 2.69 bits per heavy atom. The topological polar surface area (TPSA) is 116 Å². The molecule has 2 rings (SSSR count). The number of amides is 1. The number of anilines is 1. The van der Waals surface area contributed by atoms with Gasteiger partial charge in [0.05, 0.1) is 29.3 Å². The Morgan fingerprint density at radius 1 is 1.46 bits per heavy atom. The van der Waals surface area contributed by atoms with E-state index in [0.717, 1.165) is 28.2 Å². The van der Waals surface area contributed by atoms with Crippen molar-refractivity contribution in [3.05, 3.63) is 22.6 Å². The number of carbonyl (C=O) groups excluding carboxylic acids is 1. The Balaban J connectivity index is 2.24. The minimum atomic E-state index is -1.61. The van der Waals surface area contributed by atoms with E-state index < -0.39 is 22.9 Å². The molecular weight excluding hydrogens is 380 g/mol. The normalized spacial score (nSPS) is 17.6. The number of carbonyl (C=O) groups is 2. The second kappa shape index (κ2) is 8.76. The first-order chi connectivity index (χ1) is 12.2. The van der Waals surface area contributed by atoms with Gasteiger partial charge in [-0.1, -0.05) is 13.5 Å². The van der Waals surface area contributed by atoms with E-state index in [0.29, 0.717) is 25.1 Å². The zero-order valence-corrected chi connectivity index (χ0v) is 16.2. The van der Waals surface area contributed by atoms with Crippen LogP contribution < -0.4 is 5.32 Å². The summed E-state index contributed by atoms with van der Waals surface area (Å²) >= 11 is 1.16. The highest BCUT2D eigenvalue weighted by molar-refractivity contribution is 7.81. The number of nitrogens with one attached hydrogen (secondary N) is 1. The number of hydrogen-bond donors (Lipinski definition) is 3. The SMILES string of the molecule is C=C(O)c1c(NC(=O)C(=O)O)sc2c1CC(CN(CCC)S(C)=O)OC2. The van der Waals surface area contributed by atoms with Gasteiger partial charge in [0.25, 0.3) is 0 Å². The van der Waals surface area contributed by atoms with Gasteiger partial charge in [-0.15, -0.1) is 11.3 Å². The van der Waals surface area contributed by atoms with Gasteiger partial charge in [-0.3, -0.25) is 4.79 Å². The van der Waals surface area contributed by atoms with Gasteiger partial charge in [-0.25, -0.2) is 13.3 Å². The molecule has 0 radical (unpaired) electrons. The molecule has 1 aromatic heterocycles. The lowest BCUT2D eigenvalue weighted by Crippen LogP contribution is -2.38. The minimum absolute atomic E-state index is 0.228. The van der Waals surface area contributed by atoms with Crippen molar-refractivity contribution < 1.29 is 28.7 Å². The summed E-state index contributed by atoms with van der Waals surface area (Å²) in [7, 11) is -1.12. The van der Waals surface area contributed by atoms with Crippen LogP contribution >= 0.6 is 11.3 Å². The number of thiophene rings is 1. The van der Waals surface area contributed by atoms with Gasteiger partial charge >= 0.3 is 11.9 Å². The van der Waals surface area contributed by atoms with Gasteiger partial charge in [0, 0.05) is 30.6 Å². The molecule has 0 saturated heterocycles. The average molecular weight is 402 g/mol. The first-order valence-electron chi connectivity index (χ1n) is 8.01. The van der Waals surface area contributed by atoms with Gasteiger partial charge in [0.2, 0.25) is 0 Å². The Morgan fingerprint density at radius 2 is 2.15 bits per heavy atom. The van der Waals surface area contributed by atoms with Crippen LogP contribution in [0.2, 0.25) is 0 Å². The van der Waals surface area contributed by atoms with Crippen molar-refractivity contribution in [2.45, 2.75) is 32.5 Å². The number of rotatable bonds is 7. The monoisotopic (exact) mass is 402 g/mol. The molecule has 3 N–H and O–H groups in total. The number of aliphatic hydroxyl groups excluding tert-OH is 1. The van der Waals surface area contributed by atoms with Crippen LogP contribution in [0.1, 0.15) is 29.3 Å². The van der Waals surface area contributed by atoms with E-state index in [9.17, 15) is 18.9 Å². The minimum Gasteiger partial charge on any atom is -0.508 e. The van der Waals surface area contributed by atoms with Gasteiger partial charge in [-0.05, 0) is 12.0 Å². The molecule has 0 fully saturated rings. The number of nitrogens with zero attached hydrogens (tertiary/aromatic N) is 1. The fraction of sp³-hybridized carbons (Fsp3) is 0.500. The Bertz CT molecular complexity index is 745. The fourth-order valence-electron chi connectivity index (χ4n) is 2.79. The highest BCUT2D eigenvalue weighted by Gasteiger charge is 2.30. The van der Waals surface area contributed by atoms with Crippen molar-refractivity contribution in [2.24, 2.45) is 0 Å². The van der Waals surface area contributed by atoms with E-state index in [1.807, 2.05) is 11.2 Å². The van der Waals surface area contributed by atoms with Crippen molar-refractivity contribution in [1.29, 1.82) is 0 Å². The maximum atomic E-state index is 11.8. The third kappa shape index (κ3) is 4.70. The summed E-state index contributed by atoms with van der Waals surface area (Å²) in [5.41, 5.74) is 1.12. The zero-order chi connectivity index (χ0) is 19.4. The molecule has 144 valence electrons. The van der Waals surface area contributed by atoms with Crippen molar-refractivity contribution in [3.8, 4) is 0 Å². The quantitative estimate of drug-likeness (QED) is 0.473. The van der Waals surface area contributed by atoms with Crippen molar-refractivity contribution in [2.75, 3.05) is 24.7 Å². The van der Waals surface area contributed by atoms with Crippen LogP contribution in [0.5, 0.6) is 0 Å². The highest BCUT2D eigenvalue weighted by atomic mass is 32.2. The molecule has 0 aliphatic carbocycles. The average Bonchev–Trinajstić information content (AvgIpc) is 2.91. The largest absolute Gasteiger partial charge is 0.508 e. The smallest absolute Gasteiger partial charge is 0.394 e. The highest BCUT2D eigenvalue weighted by Crippen LogP contribution is 2.40. The lowest BCUT2D eigenvalue weighted by molar-refractivity contribution is -0.147. The predicted octanol–water partition coefficient (Wildman–Crippen LogP) is 1.75. The van der Waals surface area contributed by atoms with Crippen LogP contribution in [0, 0.1) is 0 Å². The molecule has 0 bridgehead atoms. The molecule has 26 heavy (non-hydrogen) atoms. The molecule has 1 aromatic rings. The van der Waals surface area contributed by atoms with E-state index in [1.54, 1.807) is 6.26 Å². The molecule has 1 aliphatic heterocycles. The van der Waals surface area contributed by atoms with Crippen LogP contribution in [0.3, 0.4) is 0 Å². The van der Waals surface area contributed by atoms with Crippen LogP contribution in [-0.2, 0) is 38.3 Å². The predicted molar refractivity (Wildman–Crippen MR) is 100 cm³/mol. The van der Waals surface area contributed by atoms with E-state index in [1.165, 1.54) is 0 Å². The summed E-state index contributed by atoms with van der Waals surface area (Å²) < 4.78 is 19.5. The number of aliphatic hydroxyl groups is 1. The van der Waals surface area contributed by atoms with Gasteiger partial charge in [0.1, 0.15) is 10.8 Å². The Labute approximate surface area is 158 Å². The van der Waals surface area contributed by atoms with Crippen LogP contribution in [0.4, 0.5) is 5.00 Å². The Kier molecular flexibility index (Phi) is 6.93. The van der Waals surface area contributed by atoms with E-state index in [-0.39, 0.29) is 23.5 Å². The summed E-state index contributed by atoms with van der Waals surface area (Å²) in [5.74, 6) is -3.03. The molecule has 2 atom stereocenters. The van der Waals surface area contributed by atoms with Crippen molar-refractivity contribution >= 4 is 45.0 Å². The van der Waals surface area contributed by atoms with E-state index >= 15 is 0 Å². The fourth-order valence-corrected chi connectivity index (χ4v) is 4.78. The summed E-state index contributed by atoms with van der Waals surface area (Å²) in [6, 6.07) is 0. The molecule has 0 saturated carbocycles. The first-order valence-corrected chi connectivity index (χ1v) is 10.3. The molecule has 0 spiro atoms. The van der Waals surface area contributed by atoms with Crippen LogP contribution in [-0.4, -0.2) is 56.1 Å². The Hall–Kier alpha value is -1.75. The molecule has 1 amide bonds. The number of aliphatic carboxylic acids is 1. The molecule has 0 aromatic carbocycles. The second-order valence-electron chi connectivity index (χ2n) is 5.86. The van der Waals surface area contributed by atoms with Crippen LogP contribution in [0.15, 0.2) is 6.58 Å². The zero-order valence-electron chi connectivity index (χ0n) is 14.6. The van der Waals surface area contributed by atoms with E-state index in [4.69, 9.17) is 9.84 Å². The maximum absolute atomic E-state index is 11.8. The molecule has 2 unspecified atom stereocenters. The number of hydrogen-bond acceptors (Lipinski definition) is 6. The second-order valence-corrected chi connectivity index (χ2v) is 8.33. The summed E-state index contributed by atoms with van der Waals surface area (Å²) in [5, 5.41) is 21.2. The number of carboxylic acid groups (broad SMARTS) is 1. The molecule has 10 heteroatoms. The molecular formula is C16H22N2O6S2. The van der Waals surface area contributed by atoms with Crippen molar-refractivity contribution in [1.82, 2.24) is 4.31 Å². The lowest BCUT2D eigenvalue weighted by Gasteiger charge is -2.28. The number of carboxylic acids is 1. The number of ether oxygens (including phenoxy) is 1. The lowest BCUT2D eigenvalue weighted by atomic mass is 10.00. The van der Waals surface area contributed by atoms with Gasteiger partial charge < -0.3 is 20.3 Å². The number of fused-ring (bicyclic) bond motifs is 1. The summed E-state index contributed by atoms with van der Waals surface area (Å²) in [6.45, 7) is 6.95.